The number of likely N-dealkylation sites (N-methyl/N-ethyl adjacent to an activating group) is 1. The molecular weight excluding hydrogens is 306 g/mol. The van der Waals surface area contributed by atoms with Gasteiger partial charge in [-0.3, -0.25) is 4.98 Å². The van der Waals surface area contributed by atoms with Gasteiger partial charge < -0.3 is 9.80 Å². The lowest BCUT2D eigenvalue weighted by atomic mass is 9.95. The van der Waals surface area contributed by atoms with Gasteiger partial charge in [0.05, 0.1) is 0 Å². The van der Waals surface area contributed by atoms with Gasteiger partial charge in [0.15, 0.2) is 0 Å². The predicted molar refractivity (Wildman–Crippen MR) is 105 cm³/mol. The van der Waals surface area contributed by atoms with Gasteiger partial charge in [-0.25, -0.2) is 0 Å². The zero-order valence-electron chi connectivity index (χ0n) is 15.3. The zero-order chi connectivity index (χ0) is 17.2. The van der Waals surface area contributed by atoms with Crippen LogP contribution in [0.3, 0.4) is 0 Å². The quantitative estimate of drug-likeness (QED) is 0.850. The average molecular weight is 333 g/mol. The molecule has 0 unspecified atom stereocenters. The highest BCUT2D eigenvalue weighted by molar-refractivity contribution is 5.83. The van der Waals surface area contributed by atoms with Crippen molar-refractivity contribution in [2.75, 3.05) is 39.8 Å². The summed E-state index contributed by atoms with van der Waals surface area (Å²) in [4.78, 5) is 9.20. The van der Waals surface area contributed by atoms with Crippen molar-refractivity contribution in [2.45, 2.75) is 19.8 Å². The van der Waals surface area contributed by atoms with Crippen LogP contribution in [0, 0.1) is 0 Å². The summed E-state index contributed by atoms with van der Waals surface area (Å²) in [6.45, 7) is 8.29. The largest absolute Gasteiger partial charge is 0.304 e. The molecule has 25 heavy (non-hydrogen) atoms. The highest BCUT2D eigenvalue weighted by atomic mass is 15.2. The summed E-state index contributed by atoms with van der Waals surface area (Å²) in [7, 11) is 2.22. The molecule has 0 spiro atoms. The topological polar surface area (TPSA) is 19.4 Å². The molecule has 0 saturated carbocycles. The van der Waals surface area contributed by atoms with Gasteiger partial charge in [-0.2, -0.15) is 0 Å². The Morgan fingerprint density at radius 2 is 1.68 bits per heavy atom. The van der Waals surface area contributed by atoms with Gasteiger partial charge in [0, 0.05) is 45.1 Å². The van der Waals surface area contributed by atoms with E-state index in [0.717, 1.165) is 6.42 Å². The van der Waals surface area contributed by atoms with Crippen molar-refractivity contribution in [3.63, 3.8) is 0 Å². The van der Waals surface area contributed by atoms with Gasteiger partial charge in [0.2, 0.25) is 0 Å². The van der Waals surface area contributed by atoms with Crippen LogP contribution in [0.15, 0.2) is 48.3 Å². The molecule has 2 aliphatic rings. The first kappa shape index (κ1) is 16.5. The van der Waals surface area contributed by atoms with E-state index in [1.165, 1.54) is 61.4 Å². The molecule has 1 fully saturated rings. The Labute approximate surface area is 151 Å². The average Bonchev–Trinajstić information content (AvgIpc) is 2.97. The van der Waals surface area contributed by atoms with E-state index in [-0.39, 0.29) is 0 Å². The first-order chi connectivity index (χ1) is 12.2. The minimum Gasteiger partial charge on any atom is -0.304 e. The summed E-state index contributed by atoms with van der Waals surface area (Å²) in [6.07, 6.45) is 6.03. The van der Waals surface area contributed by atoms with E-state index in [1.54, 1.807) is 11.1 Å². The van der Waals surface area contributed by atoms with Crippen molar-refractivity contribution in [3.05, 3.63) is 59.4 Å². The molecule has 0 amide bonds. The number of hydrogen-bond acceptors (Lipinski definition) is 3. The molecule has 2 heterocycles. The van der Waals surface area contributed by atoms with Crippen LogP contribution in [-0.4, -0.2) is 54.6 Å². The van der Waals surface area contributed by atoms with Gasteiger partial charge in [-0.15, -0.1) is 0 Å². The second kappa shape index (κ2) is 7.11. The molecule has 130 valence electrons. The Balaban J connectivity index is 1.53. The van der Waals surface area contributed by atoms with Crippen LogP contribution in [0.25, 0.3) is 16.7 Å². The van der Waals surface area contributed by atoms with Crippen molar-refractivity contribution in [1.29, 1.82) is 0 Å². The summed E-state index contributed by atoms with van der Waals surface area (Å²) in [5, 5.41) is 0. The monoisotopic (exact) mass is 333 g/mol. The second-order valence-corrected chi connectivity index (χ2v) is 7.40. The summed E-state index contributed by atoms with van der Waals surface area (Å²) < 4.78 is 0. The molecule has 1 aromatic heterocycles. The van der Waals surface area contributed by atoms with Crippen LogP contribution in [0.1, 0.15) is 24.5 Å². The molecule has 3 nitrogen and oxygen atoms in total. The summed E-state index contributed by atoms with van der Waals surface area (Å²) >= 11 is 0. The van der Waals surface area contributed by atoms with Gasteiger partial charge in [0.25, 0.3) is 0 Å². The number of piperazine rings is 1. The fraction of sp³-hybridized carbons (Fsp3) is 0.409. The van der Waals surface area contributed by atoms with E-state index in [0.29, 0.717) is 0 Å². The third-order valence-corrected chi connectivity index (χ3v) is 5.72. The smallest absolute Gasteiger partial charge is 0.0273 e. The molecule has 0 N–H and O–H groups in total. The Kier molecular flexibility index (Phi) is 4.69. The first-order valence-corrected chi connectivity index (χ1v) is 9.34. The molecule has 0 atom stereocenters. The number of nitrogens with zero attached hydrogens (tertiary/aromatic N) is 3. The molecule has 1 aliphatic carbocycles. The molecule has 0 bridgehead atoms. The van der Waals surface area contributed by atoms with E-state index < -0.39 is 0 Å². The maximum Gasteiger partial charge on any atom is 0.0273 e. The van der Waals surface area contributed by atoms with Crippen LogP contribution in [0.4, 0.5) is 0 Å². The van der Waals surface area contributed by atoms with Gasteiger partial charge in [-0.1, -0.05) is 23.8 Å². The van der Waals surface area contributed by atoms with Crippen LogP contribution in [-0.2, 0) is 6.42 Å². The van der Waals surface area contributed by atoms with E-state index in [9.17, 15) is 0 Å². The lowest BCUT2D eigenvalue weighted by molar-refractivity contribution is 0.157. The molecular formula is C22H27N3. The van der Waals surface area contributed by atoms with E-state index in [2.05, 4.69) is 59.1 Å². The third kappa shape index (κ3) is 3.39. The Bertz CT molecular complexity index is 771. The van der Waals surface area contributed by atoms with Gasteiger partial charge >= 0.3 is 0 Å². The van der Waals surface area contributed by atoms with E-state index in [4.69, 9.17) is 0 Å². The minimum atomic E-state index is 1.09. The molecule has 1 aliphatic heterocycles. The molecule has 1 saturated heterocycles. The number of aromatic nitrogens is 1. The Morgan fingerprint density at radius 3 is 2.44 bits per heavy atom. The number of allylic oxidation sites excluding steroid dienone is 1. The lowest BCUT2D eigenvalue weighted by Crippen LogP contribution is -2.44. The standard InChI is InChI=1S/C22H27N3/c1-17-16-22-20(18-6-9-23-10-7-18)4-3-5-21(22)19(17)8-11-25-14-12-24(2)13-15-25/h3-7,9-10H,8,11-16H2,1-2H3. The minimum absolute atomic E-state index is 1.09. The molecule has 0 radical (unpaired) electrons. The molecule has 2 aromatic rings. The van der Waals surface area contributed by atoms with Crippen molar-refractivity contribution >= 4 is 5.57 Å². The normalized spacial score (nSPS) is 18.6. The number of benzene rings is 1. The van der Waals surface area contributed by atoms with Crippen LogP contribution < -0.4 is 0 Å². The summed E-state index contributed by atoms with van der Waals surface area (Å²) in [5.41, 5.74) is 8.74. The fourth-order valence-electron chi connectivity index (χ4n) is 4.15. The maximum atomic E-state index is 4.16. The van der Waals surface area contributed by atoms with Crippen LogP contribution in [0.5, 0.6) is 0 Å². The Hall–Kier alpha value is -1.97. The number of pyridine rings is 1. The zero-order valence-corrected chi connectivity index (χ0v) is 15.3. The summed E-state index contributed by atoms with van der Waals surface area (Å²) in [6, 6.07) is 11.0. The third-order valence-electron chi connectivity index (χ3n) is 5.72. The first-order valence-electron chi connectivity index (χ1n) is 9.34. The van der Waals surface area contributed by atoms with E-state index in [1.807, 2.05) is 12.4 Å². The predicted octanol–water partition coefficient (Wildman–Crippen LogP) is 3.72. The van der Waals surface area contributed by atoms with Crippen LogP contribution in [0.2, 0.25) is 0 Å². The van der Waals surface area contributed by atoms with Gasteiger partial charge in [-0.05, 0) is 66.8 Å². The van der Waals surface area contributed by atoms with Crippen molar-refractivity contribution in [3.8, 4) is 11.1 Å². The number of hydrogen-bond donors (Lipinski definition) is 0. The van der Waals surface area contributed by atoms with Crippen LogP contribution >= 0.6 is 0 Å². The van der Waals surface area contributed by atoms with Gasteiger partial charge in [0.1, 0.15) is 0 Å². The molecule has 1 aromatic carbocycles. The maximum absolute atomic E-state index is 4.16. The summed E-state index contributed by atoms with van der Waals surface area (Å²) in [5.74, 6) is 0. The highest BCUT2D eigenvalue weighted by Gasteiger charge is 2.23. The van der Waals surface area contributed by atoms with E-state index >= 15 is 0 Å². The van der Waals surface area contributed by atoms with Crippen molar-refractivity contribution in [1.82, 2.24) is 14.8 Å². The van der Waals surface area contributed by atoms with Crippen molar-refractivity contribution < 1.29 is 0 Å². The fourth-order valence-corrected chi connectivity index (χ4v) is 4.15. The molecule has 4 rings (SSSR count). The number of rotatable bonds is 4. The Morgan fingerprint density at radius 1 is 0.960 bits per heavy atom. The molecule has 3 heteroatoms. The number of fused-ring (bicyclic) bond motifs is 1. The highest BCUT2D eigenvalue weighted by Crippen LogP contribution is 2.40. The van der Waals surface area contributed by atoms with Crippen molar-refractivity contribution in [2.24, 2.45) is 0 Å². The lowest BCUT2D eigenvalue weighted by Gasteiger charge is -2.32. The SMILES string of the molecule is CC1=C(CCN2CCN(C)CC2)c2cccc(-c3ccncc3)c2C1. The second-order valence-electron chi connectivity index (χ2n) is 7.40.